The van der Waals surface area contributed by atoms with Gasteiger partial charge in [-0.25, -0.2) is 0 Å². The first-order valence-electron chi connectivity index (χ1n) is 5.91. The lowest BCUT2D eigenvalue weighted by molar-refractivity contribution is 0.196. The lowest BCUT2D eigenvalue weighted by Gasteiger charge is -2.12. The Hall–Kier alpha value is -0.480. The van der Waals surface area contributed by atoms with Crippen LogP contribution in [-0.4, -0.2) is 5.11 Å². The number of halogens is 2. The minimum absolute atomic E-state index is 0.480. The smallest absolute Gasteiger partial charge is 0.0773 e. The molecule has 1 nitrogen and oxygen atoms in total. The van der Waals surface area contributed by atoms with Gasteiger partial charge in [-0.15, -0.1) is 11.8 Å². The molecular formula is C15H14BrClOS. The Labute approximate surface area is 131 Å². The highest BCUT2D eigenvalue weighted by molar-refractivity contribution is 9.10. The van der Waals surface area contributed by atoms with Crippen LogP contribution in [0, 0.1) is 0 Å². The zero-order chi connectivity index (χ0) is 13.8. The number of aliphatic hydroxyl groups excluding tert-OH is 1. The van der Waals surface area contributed by atoms with Crippen molar-refractivity contribution in [1.82, 2.24) is 0 Å². The molecule has 1 unspecified atom stereocenters. The van der Waals surface area contributed by atoms with Gasteiger partial charge in [-0.3, -0.25) is 0 Å². The Kier molecular flexibility index (Phi) is 5.34. The van der Waals surface area contributed by atoms with Gasteiger partial charge >= 0.3 is 0 Å². The maximum Gasteiger partial charge on any atom is 0.0773 e. The molecule has 0 saturated heterocycles. The summed E-state index contributed by atoms with van der Waals surface area (Å²) in [5, 5.41) is 10.6. The third kappa shape index (κ3) is 3.99. The van der Waals surface area contributed by atoms with Gasteiger partial charge < -0.3 is 5.11 Å². The summed E-state index contributed by atoms with van der Waals surface area (Å²) in [6.07, 6.45) is -0.480. The number of hydrogen-bond acceptors (Lipinski definition) is 2. The molecular weight excluding hydrogens is 344 g/mol. The highest BCUT2D eigenvalue weighted by Crippen LogP contribution is 2.33. The molecule has 0 radical (unpaired) electrons. The van der Waals surface area contributed by atoms with Crippen LogP contribution in [0.5, 0.6) is 0 Å². The van der Waals surface area contributed by atoms with E-state index in [0.717, 1.165) is 31.3 Å². The van der Waals surface area contributed by atoms with E-state index in [2.05, 4.69) is 15.9 Å². The van der Waals surface area contributed by atoms with Crippen LogP contribution >= 0.6 is 39.3 Å². The molecule has 1 N–H and O–H groups in total. The first-order chi connectivity index (χ1) is 9.08. The molecule has 0 saturated carbocycles. The Morgan fingerprint density at radius 3 is 2.68 bits per heavy atom. The molecule has 2 rings (SSSR count). The maximum atomic E-state index is 9.82. The van der Waals surface area contributed by atoms with Gasteiger partial charge in [0.05, 0.1) is 6.10 Å². The van der Waals surface area contributed by atoms with Crippen LogP contribution in [0.4, 0.5) is 0 Å². The number of benzene rings is 2. The molecule has 2 aromatic rings. The molecule has 0 amide bonds. The highest BCUT2D eigenvalue weighted by atomic mass is 79.9. The molecule has 0 heterocycles. The van der Waals surface area contributed by atoms with Crippen molar-refractivity contribution in [2.75, 3.05) is 0 Å². The van der Waals surface area contributed by atoms with Crippen LogP contribution in [0.25, 0.3) is 0 Å². The predicted octanol–water partition coefficient (Wildman–Crippen LogP) is 5.45. The molecule has 0 aliphatic heterocycles. The van der Waals surface area contributed by atoms with Crippen molar-refractivity contribution in [3.8, 4) is 0 Å². The third-order valence-electron chi connectivity index (χ3n) is 2.76. The first kappa shape index (κ1) is 14.9. The second kappa shape index (κ2) is 6.80. The molecule has 2 aromatic carbocycles. The first-order valence-corrected chi connectivity index (χ1v) is 8.07. The van der Waals surface area contributed by atoms with Gasteiger partial charge in [0.15, 0.2) is 0 Å². The van der Waals surface area contributed by atoms with Crippen molar-refractivity contribution >= 4 is 39.3 Å². The van der Waals surface area contributed by atoms with Crippen molar-refractivity contribution < 1.29 is 5.11 Å². The summed E-state index contributed by atoms with van der Waals surface area (Å²) < 4.78 is 0.977. The Balaban J connectivity index is 2.18. The Morgan fingerprint density at radius 1 is 1.26 bits per heavy atom. The molecule has 1 atom stereocenters. The van der Waals surface area contributed by atoms with E-state index >= 15 is 0 Å². The van der Waals surface area contributed by atoms with Gasteiger partial charge in [0.1, 0.15) is 0 Å². The van der Waals surface area contributed by atoms with Crippen LogP contribution in [0.3, 0.4) is 0 Å². The Bertz CT molecular complexity index is 572. The van der Waals surface area contributed by atoms with Gasteiger partial charge in [0.25, 0.3) is 0 Å². The molecule has 0 aliphatic rings. The SMILES string of the molecule is CC(O)c1cc(Br)ccc1SCc1ccccc1Cl. The van der Waals surface area contributed by atoms with Crippen molar-refractivity contribution in [3.63, 3.8) is 0 Å². The van der Waals surface area contributed by atoms with E-state index in [1.165, 1.54) is 0 Å². The van der Waals surface area contributed by atoms with E-state index in [4.69, 9.17) is 11.6 Å². The Morgan fingerprint density at radius 2 is 2.00 bits per heavy atom. The third-order valence-corrected chi connectivity index (χ3v) is 4.76. The second-order valence-electron chi connectivity index (χ2n) is 4.24. The van der Waals surface area contributed by atoms with Gasteiger partial charge in [-0.05, 0) is 42.3 Å². The van der Waals surface area contributed by atoms with Gasteiger partial charge in [-0.2, -0.15) is 0 Å². The lowest BCUT2D eigenvalue weighted by Crippen LogP contribution is -1.94. The van der Waals surface area contributed by atoms with Gasteiger partial charge in [0, 0.05) is 20.1 Å². The quantitative estimate of drug-likeness (QED) is 0.734. The average Bonchev–Trinajstić information content (AvgIpc) is 2.38. The maximum absolute atomic E-state index is 9.82. The molecule has 100 valence electrons. The van der Waals surface area contributed by atoms with Crippen LogP contribution < -0.4 is 0 Å². The fraction of sp³-hybridized carbons (Fsp3) is 0.200. The standard InChI is InChI=1S/C15H14BrClOS/c1-10(18)13-8-12(16)6-7-15(13)19-9-11-4-2-3-5-14(11)17/h2-8,10,18H,9H2,1H3. The lowest BCUT2D eigenvalue weighted by atomic mass is 10.1. The van der Waals surface area contributed by atoms with E-state index < -0.39 is 6.10 Å². The summed E-state index contributed by atoms with van der Waals surface area (Å²) >= 11 is 11.3. The summed E-state index contributed by atoms with van der Waals surface area (Å²) in [4.78, 5) is 1.08. The van der Waals surface area contributed by atoms with E-state index in [0.29, 0.717) is 0 Å². The summed E-state index contributed by atoms with van der Waals surface area (Å²) in [5.41, 5.74) is 2.04. The van der Waals surface area contributed by atoms with Crippen molar-refractivity contribution in [1.29, 1.82) is 0 Å². The van der Waals surface area contributed by atoms with E-state index in [1.54, 1.807) is 18.7 Å². The van der Waals surface area contributed by atoms with Crippen LogP contribution in [0.1, 0.15) is 24.2 Å². The van der Waals surface area contributed by atoms with Crippen molar-refractivity contribution in [3.05, 3.63) is 63.1 Å². The average molecular weight is 358 g/mol. The zero-order valence-corrected chi connectivity index (χ0v) is 13.6. The summed E-state index contributed by atoms with van der Waals surface area (Å²) in [7, 11) is 0. The summed E-state index contributed by atoms with van der Waals surface area (Å²) in [6, 6.07) is 13.8. The normalized spacial score (nSPS) is 12.4. The highest BCUT2D eigenvalue weighted by Gasteiger charge is 2.10. The number of thioether (sulfide) groups is 1. The van der Waals surface area contributed by atoms with E-state index in [9.17, 15) is 5.11 Å². The molecule has 0 spiro atoms. The molecule has 4 heteroatoms. The second-order valence-corrected chi connectivity index (χ2v) is 6.58. The zero-order valence-electron chi connectivity index (χ0n) is 10.4. The summed E-state index contributed by atoms with van der Waals surface area (Å²) in [5.74, 6) is 0.793. The fourth-order valence-electron chi connectivity index (χ4n) is 1.75. The molecule has 0 fully saturated rings. The van der Waals surface area contributed by atoms with Gasteiger partial charge in [-0.1, -0.05) is 45.7 Å². The minimum Gasteiger partial charge on any atom is -0.389 e. The fourth-order valence-corrected chi connectivity index (χ4v) is 3.53. The number of rotatable bonds is 4. The predicted molar refractivity (Wildman–Crippen MR) is 85.8 cm³/mol. The van der Waals surface area contributed by atoms with E-state index in [1.807, 2.05) is 42.5 Å². The van der Waals surface area contributed by atoms with Crippen LogP contribution in [0.2, 0.25) is 5.02 Å². The minimum atomic E-state index is -0.480. The molecule has 0 aliphatic carbocycles. The molecule has 19 heavy (non-hydrogen) atoms. The van der Waals surface area contributed by atoms with Gasteiger partial charge in [0.2, 0.25) is 0 Å². The van der Waals surface area contributed by atoms with Crippen LogP contribution in [-0.2, 0) is 5.75 Å². The van der Waals surface area contributed by atoms with Crippen molar-refractivity contribution in [2.24, 2.45) is 0 Å². The van der Waals surface area contributed by atoms with Crippen LogP contribution in [0.15, 0.2) is 51.8 Å². The number of aliphatic hydroxyl groups is 1. The monoisotopic (exact) mass is 356 g/mol. The molecule has 0 bridgehead atoms. The largest absolute Gasteiger partial charge is 0.389 e. The number of hydrogen-bond donors (Lipinski definition) is 1. The molecule has 0 aromatic heterocycles. The summed E-state index contributed by atoms with van der Waals surface area (Å²) in [6.45, 7) is 1.78. The van der Waals surface area contributed by atoms with E-state index in [-0.39, 0.29) is 0 Å². The topological polar surface area (TPSA) is 20.2 Å². The van der Waals surface area contributed by atoms with Crippen molar-refractivity contribution in [2.45, 2.75) is 23.7 Å².